The number of para-hydroxylation sites is 1. The Hall–Kier alpha value is -2.58. The number of benzene rings is 1. The molecule has 1 heterocycles. The Balaban J connectivity index is 1.83. The molecule has 0 saturated heterocycles. The summed E-state index contributed by atoms with van der Waals surface area (Å²) in [6.07, 6.45) is -2.00. The lowest BCUT2D eigenvalue weighted by atomic mass is 10.2. The molecule has 0 fully saturated rings. The number of rotatable bonds is 7. The number of carbonyl (C=O) groups is 1. The highest BCUT2D eigenvalue weighted by atomic mass is 19.4. The maximum Gasteiger partial charge on any atom is 0.419 e. The van der Waals surface area contributed by atoms with Crippen molar-refractivity contribution in [3.8, 4) is 5.75 Å². The van der Waals surface area contributed by atoms with Crippen LogP contribution in [0.1, 0.15) is 18.9 Å². The van der Waals surface area contributed by atoms with Crippen LogP contribution in [0.5, 0.6) is 5.75 Å². The van der Waals surface area contributed by atoms with Gasteiger partial charge in [0.2, 0.25) is 0 Å². The van der Waals surface area contributed by atoms with Crippen LogP contribution in [-0.4, -0.2) is 33.3 Å². The van der Waals surface area contributed by atoms with Crippen LogP contribution in [0, 0.1) is 0 Å². The molecule has 0 unspecified atom stereocenters. The monoisotopic (exact) mass is 342 g/mol. The van der Waals surface area contributed by atoms with Gasteiger partial charge in [-0.1, -0.05) is 12.1 Å². The molecule has 24 heavy (non-hydrogen) atoms. The van der Waals surface area contributed by atoms with Gasteiger partial charge < -0.3 is 10.1 Å². The number of amides is 1. The molecule has 0 bridgehead atoms. The zero-order chi connectivity index (χ0) is 17.6. The third-order valence-electron chi connectivity index (χ3n) is 3.20. The van der Waals surface area contributed by atoms with E-state index in [9.17, 15) is 18.0 Å². The van der Waals surface area contributed by atoms with Gasteiger partial charge in [0, 0.05) is 13.1 Å². The number of nitrogens with zero attached hydrogens (tertiary/aromatic N) is 3. The number of alkyl halides is 3. The lowest BCUT2D eigenvalue weighted by Crippen LogP contribution is -2.37. The van der Waals surface area contributed by atoms with E-state index in [-0.39, 0.29) is 5.75 Å². The lowest BCUT2D eigenvalue weighted by molar-refractivity contribution is -0.140. The zero-order valence-electron chi connectivity index (χ0n) is 13.0. The third kappa shape index (κ3) is 4.97. The Kier molecular flexibility index (Phi) is 5.78. The van der Waals surface area contributed by atoms with Crippen molar-refractivity contribution >= 4 is 5.91 Å². The molecule has 0 aliphatic carbocycles. The van der Waals surface area contributed by atoms with Crippen molar-refractivity contribution in [1.29, 1.82) is 0 Å². The van der Waals surface area contributed by atoms with E-state index in [0.29, 0.717) is 19.5 Å². The van der Waals surface area contributed by atoms with Gasteiger partial charge in [-0.3, -0.25) is 9.48 Å². The van der Waals surface area contributed by atoms with Crippen molar-refractivity contribution < 1.29 is 22.7 Å². The fourth-order valence-corrected chi connectivity index (χ4v) is 1.99. The van der Waals surface area contributed by atoms with Crippen LogP contribution in [0.3, 0.4) is 0 Å². The van der Waals surface area contributed by atoms with Crippen molar-refractivity contribution in [2.24, 2.45) is 0 Å². The summed E-state index contributed by atoms with van der Waals surface area (Å²) >= 11 is 0. The highest BCUT2D eigenvalue weighted by Gasteiger charge is 2.34. The molecule has 1 amide bonds. The summed E-state index contributed by atoms with van der Waals surface area (Å²) in [7, 11) is 0. The lowest BCUT2D eigenvalue weighted by Gasteiger charge is -2.18. The Labute approximate surface area is 136 Å². The second-order valence-electron chi connectivity index (χ2n) is 5.06. The van der Waals surface area contributed by atoms with E-state index in [1.54, 1.807) is 11.0 Å². The second-order valence-corrected chi connectivity index (χ2v) is 5.06. The molecule has 130 valence electrons. The van der Waals surface area contributed by atoms with Gasteiger partial charge in [-0.15, -0.1) is 0 Å². The second kappa shape index (κ2) is 7.80. The van der Waals surface area contributed by atoms with Crippen molar-refractivity contribution in [1.82, 2.24) is 20.1 Å². The van der Waals surface area contributed by atoms with E-state index in [1.807, 2.05) is 0 Å². The van der Waals surface area contributed by atoms with Crippen LogP contribution >= 0.6 is 0 Å². The number of hydrogen-bond donors (Lipinski definition) is 1. The predicted molar refractivity (Wildman–Crippen MR) is 79.2 cm³/mol. The minimum absolute atomic E-state index is 0.354. The molecule has 0 aliphatic heterocycles. The smallest absolute Gasteiger partial charge is 0.419 e. The molecular weight excluding hydrogens is 325 g/mol. The molecule has 0 aliphatic rings. The molecule has 0 radical (unpaired) electrons. The van der Waals surface area contributed by atoms with Crippen LogP contribution in [0.4, 0.5) is 13.2 Å². The molecular formula is C15H17F3N4O2. The van der Waals surface area contributed by atoms with E-state index in [0.717, 1.165) is 6.07 Å². The Morgan fingerprint density at radius 3 is 2.79 bits per heavy atom. The van der Waals surface area contributed by atoms with E-state index < -0.39 is 23.8 Å². The highest BCUT2D eigenvalue weighted by molar-refractivity contribution is 5.80. The van der Waals surface area contributed by atoms with Crippen molar-refractivity contribution in [2.45, 2.75) is 32.2 Å². The Bertz CT molecular complexity index is 659. The van der Waals surface area contributed by atoms with Crippen molar-refractivity contribution in [3.05, 3.63) is 42.5 Å². The average molecular weight is 342 g/mol. The number of aromatic nitrogens is 3. The van der Waals surface area contributed by atoms with E-state index in [4.69, 9.17) is 4.74 Å². The normalized spacial score (nSPS) is 12.7. The summed E-state index contributed by atoms with van der Waals surface area (Å²) in [6, 6.07) is 4.80. The van der Waals surface area contributed by atoms with Gasteiger partial charge in [-0.2, -0.15) is 18.3 Å². The first-order valence-electron chi connectivity index (χ1n) is 7.31. The van der Waals surface area contributed by atoms with Gasteiger partial charge >= 0.3 is 6.18 Å². The molecule has 0 saturated carbocycles. The molecule has 1 atom stereocenters. The first kappa shape index (κ1) is 17.8. The Morgan fingerprint density at radius 2 is 2.12 bits per heavy atom. The zero-order valence-corrected chi connectivity index (χ0v) is 13.0. The van der Waals surface area contributed by atoms with Gasteiger partial charge in [0.25, 0.3) is 5.91 Å². The van der Waals surface area contributed by atoms with Crippen molar-refractivity contribution in [3.63, 3.8) is 0 Å². The summed E-state index contributed by atoms with van der Waals surface area (Å²) in [5, 5.41) is 6.53. The third-order valence-corrected chi connectivity index (χ3v) is 3.20. The average Bonchev–Trinajstić information content (AvgIpc) is 3.04. The highest BCUT2D eigenvalue weighted by Crippen LogP contribution is 2.36. The number of carbonyl (C=O) groups excluding carboxylic acids is 1. The van der Waals surface area contributed by atoms with Crippen LogP contribution in [0.2, 0.25) is 0 Å². The SMILES string of the molecule is C[C@@H](Oc1ccccc1C(F)(F)F)C(=O)NCCCn1cncn1. The molecule has 0 spiro atoms. The van der Waals surface area contributed by atoms with Gasteiger partial charge in [-0.25, -0.2) is 4.98 Å². The van der Waals surface area contributed by atoms with E-state index in [1.165, 1.54) is 31.5 Å². The maximum atomic E-state index is 12.9. The largest absolute Gasteiger partial charge is 0.480 e. The molecule has 1 aromatic heterocycles. The number of ether oxygens (including phenoxy) is 1. The minimum Gasteiger partial charge on any atom is -0.480 e. The molecule has 1 N–H and O–H groups in total. The molecule has 2 aromatic rings. The van der Waals surface area contributed by atoms with Gasteiger partial charge in [0.15, 0.2) is 6.10 Å². The summed E-state index contributed by atoms with van der Waals surface area (Å²) in [5.41, 5.74) is -0.907. The van der Waals surface area contributed by atoms with E-state index in [2.05, 4.69) is 15.4 Å². The number of nitrogens with one attached hydrogen (secondary N) is 1. The minimum atomic E-state index is -4.54. The molecule has 6 nitrogen and oxygen atoms in total. The molecule has 1 aromatic carbocycles. The number of aryl methyl sites for hydroxylation is 1. The van der Waals surface area contributed by atoms with Gasteiger partial charge in [0.05, 0.1) is 5.56 Å². The number of hydrogen-bond acceptors (Lipinski definition) is 4. The van der Waals surface area contributed by atoms with E-state index >= 15 is 0 Å². The summed E-state index contributed by atoms with van der Waals surface area (Å²) in [5.74, 6) is -0.846. The van der Waals surface area contributed by atoms with Crippen LogP contribution in [-0.2, 0) is 17.5 Å². The molecule has 9 heteroatoms. The van der Waals surface area contributed by atoms with Crippen LogP contribution < -0.4 is 10.1 Å². The first-order chi connectivity index (χ1) is 11.4. The van der Waals surface area contributed by atoms with Gasteiger partial charge in [0.1, 0.15) is 18.4 Å². The maximum absolute atomic E-state index is 12.9. The standard InChI is InChI=1S/C15H17F3N4O2/c1-11(14(23)20-7-4-8-22-10-19-9-21-22)24-13-6-3-2-5-12(13)15(16,17)18/h2-3,5-6,9-11H,4,7-8H2,1H3,(H,20,23)/t11-/m1/s1. The van der Waals surface area contributed by atoms with Crippen LogP contribution in [0.25, 0.3) is 0 Å². The van der Waals surface area contributed by atoms with Gasteiger partial charge in [-0.05, 0) is 25.5 Å². The summed E-state index contributed by atoms with van der Waals surface area (Å²) < 4.78 is 45.5. The quantitative estimate of drug-likeness (QED) is 0.784. The summed E-state index contributed by atoms with van der Waals surface area (Å²) in [4.78, 5) is 15.7. The fourth-order valence-electron chi connectivity index (χ4n) is 1.99. The fraction of sp³-hybridized carbons (Fsp3) is 0.400. The topological polar surface area (TPSA) is 69.0 Å². The first-order valence-corrected chi connectivity index (χ1v) is 7.31. The predicted octanol–water partition coefficient (Wildman–Crippen LogP) is 2.27. The summed E-state index contributed by atoms with van der Waals surface area (Å²) in [6.45, 7) is 2.33. The number of halogens is 3. The van der Waals surface area contributed by atoms with Crippen molar-refractivity contribution in [2.75, 3.05) is 6.54 Å². The Morgan fingerprint density at radius 1 is 1.38 bits per heavy atom. The molecule has 2 rings (SSSR count). The van der Waals surface area contributed by atoms with Crippen LogP contribution in [0.15, 0.2) is 36.9 Å².